The third kappa shape index (κ3) is 2.32. The van der Waals surface area contributed by atoms with Crippen LogP contribution in [0.15, 0.2) is 10.9 Å². The van der Waals surface area contributed by atoms with Crippen molar-refractivity contribution in [1.29, 1.82) is 0 Å². The highest BCUT2D eigenvalue weighted by molar-refractivity contribution is 5.94. The smallest absolute Gasteiger partial charge is 0.333 e. The molecule has 20 heavy (non-hydrogen) atoms. The molecule has 1 aliphatic rings. The molecule has 0 bridgehead atoms. The second kappa shape index (κ2) is 4.56. The summed E-state index contributed by atoms with van der Waals surface area (Å²) in [5, 5.41) is 0. The normalized spacial score (nSPS) is 19.2. The minimum absolute atomic E-state index is 0.0252. The van der Waals surface area contributed by atoms with E-state index in [9.17, 15) is 22.8 Å². The van der Waals surface area contributed by atoms with Crippen LogP contribution in [0.2, 0.25) is 0 Å². The molecule has 106 valence electrons. The number of nitrogens with zero attached hydrogens (tertiary/aromatic N) is 3. The van der Waals surface area contributed by atoms with Crippen LogP contribution in [0, 0.1) is 18.3 Å². The van der Waals surface area contributed by atoms with Crippen LogP contribution >= 0.6 is 0 Å². The van der Waals surface area contributed by atoms with E-state index in [0.717, 1.165) is 4.90 Å². The quantitative estimate of drug-likeness (QED) is 0.580. The van der Waals surface area contributed by atoms with Gasteiger partial charge in [-0.2, -0.15) is 17.8 Å². The zero-order valence-corrected chi connectivity index (χ0v) is 10.0. The summed E-state index contributed by atoms with van der Waals surface area (Å²) < 4.78 is 38.3. The Kier molecular flexibility index (Phi) is 3.17. The lowest BCUT2D eigenvalue weighted by molar-refractivity contribution is -0.141. The van der Waals surface area contributed by atoms with Gasteiger partial charge in [0, 0.05) is 24.9 Å². The van der Waals surface area contributed by atoms with Crippen molar-refractivity contribution < 1.29 is 18.0 Å². The van der Waals surface area contributed by atoms with E-state index in [0.29, 0.717) is 4.68 Å². The molecular weight excluding hydrogens is 277 g/mol. The molecule has 0 radical (unpaired) electrons. The van der Waals surface area contributed by atoms with Gasteiger partial charge in [0.1, 0.15) is 0 Å². The topological polar surface area (TPSA) is 81.2 Å². The summed E-state index contributed by atoms with van der Waals surface area (Å²) in [5.41, 5.74) is -2.52. The average molecular weight is 286 g/mol. The number of aromatic nitrogens is 2. The molecule has 1 amide bonds. The van der Waals surface area contributed by atoms with Crippen molar-refractivity contribution in [3.8, 4) is 12.3 Å². The third-order valence-corrected chi connectivity index (χ3v) is 2.83. The van der Waals surface area contributed by atoms with E-state index in [1.54, 1.807) is 0 Å². The van der Waals surface area contributed by atoms with Gasteiger partial charge in [-0.3, -0.25) is 14.5 Å². The van der Waals surface area contributed by atoms with Crippen LogP contribution in [-0.2, 0) is 11.0 Å². The fourth-order valence-corrected chi connectivity index (χ4v) is 1.83. The van der Waals surface area contributed by atoms with Gasteiger partial charge in [-0.1, -0.05) is 0 Å². The SMILES string of the molecule is C#CC1CC(=O)N(c2nc(C(F)(F)F)cc(=O)n2N)C1. The molecule has 9 heteroatoms. The van der Waals surface area contributed by atoms with Gasteiger partial charge in [-0.15, -0.1) is 12.3 Å². The minimum atomic E-state index is -4.81. The maximum absolute atomic E-state index is 12.6. The second-order valence-corrected chi connectivity index (χ2v) is 4.22. The molecule has 0 aromatic carbocycles. The highest BCUT2D eigenvalue weighted by Gasteiger charge is 2.37. The molecule has 1 unspecified atom stereocenters. The van der Waals surface area contributed by atoms with Gasteiger partial charge in [0.2, 0.25) is 11.9 Å². The van der Waals surface area contributed by atoms with Crippen LogP contribution in [0.3, 0.4) is 0 Å². The average Bonchev–Trinajstić information content (AvgIpc) is 2.72. The fraction of sp³-hybridized carbons (Fsp3) is 0.364. The number of hydrogen-bond acceptors (Lipinski definition) is 4. The van der Waals surface area contributed by atoms with Gasteiger partial charge < -0.3 is 5.84 Å². The Morgan fingerprint density at radius 1 is 1.45 bits per heavy atom. The molecule has 1 fully saturated rings. The molecule has 1 atom stereocenters. The lowest BCUT2D eigenvalue weighted by atomic mass is 10.1. The van der Waals surface area contributed by atoms with Crippen LogP contribution in [0.4, 0.5) is 19.1 Å². The van der Waals surface area contributed by atoms with Gasteiger partial charge in [0.25, 0.3) is 5.56 Å². The Morgan fingerprint density at radius 2 is 2.10 bits per heavy atom. The van der Waals surface area contributed by atoms with Crippen molar-refractivity contribution in [2.75, 3.05) is 17.3 Å². The number of carbonyl (C=O) groups excluding carboxylic acids is 1. The number of anilines is 1. The lowest BCUT2D eigenvalue weighted by Gasteiger charge is -2.18. The van der Waals surface area contributed by atoms with Gasteiger partial charge in [0.15, 0.2) is 5.69 Å². The van der Waals surface area contributed by atoms with Gasteiger partial charge in [-0.05, 0) is 0 Å². The number of nitrogen functional groups attached to an aromatic ring is 1. The third-order valence-electron chi connectivity index (χ3n) is 2.83. The second-order valence-electron chi connectivity index (χ2n) is 4.22. The first-order valence-electron chi connectivity index (χ1n) is 5.47. The zero-order chi connectivity index (χ0) is 15.1. The van der Waals surface area contributed by atoms with E-state index in [1.807, 2.05) is 0 Å². The van der Waals surface area contributed by atoms with Crippen molar-refractivity contribution in [3.05, 3.63) is 22.1 Å². The predicted molar refractivity (Wildman–Crippen MR) is 62.9 cm³/mol. The minimum Gasteiger partial charge on any atom is -0.333 e. The van der Waals surface area contributed by atoms with Crippen molar-refractivity contribution >= 4 is 11.9 Å². The summed E-state index contributed by atoms with van der Waals surface area (Å²) in [6.45, 7) is -0.0275. The molecule has 2 N–H and O–H groups in total. The van der Waals surface area contributed by atoms with Gasteiger partial charge >= 0.3 is 6.18 Å². The molecule has 2 heterocycles. The summed E-state index contributed by atoms with van der Waals surface area (Å²) in [4.78, 5) is 27.3. The van der Waals surface area contributed by atoms with Crippen molar-refractivity contribution in [2.45, 2.75) is 12.6 Å². The Hall–Kier alpha value is -2.50. The standard InChI is InChI=1S/C11H9F3N4O2/c1-2-6-3-8(19)17(5-6)10-16-7(11(12,13)14)4-9(20)18(10)15/h1,4,6H,3,5,15H2. The number of carbonyl (C=O) groups is 1. The monoisotopic (exact) mass is 286 g/mol. The first-order chi connectivity index (χ1) is 9.24. The molecule has 0 aliphatic carbocycles. The van der Waals surface area contributed by atoms with Gasteiger partial charge in [-0.25, -0.2) is 4.98 Å². The fourth-order valence-electron chi connectivity index (χ4n) is 1.83. The molecule has 1 saturated heterocycles. The lowest BCUT2D eigenvalue weighted by Crippen LogP contribution is -2.38. The number of nitrogens with two attached hydrogens (primary N) is 1. The van der Waals surface area contributed by atoms with E-state index in [1.165, 1.54) is 0 Å². The van der Waals surface area contributed by atoms with E-state index in [-0.39, 0.29) is 19.0 Å². The Morgan fingerprint density at radius 3 is 2.60 bits per heavy atom. The van der Waals surface area contributed by atoms with Gasteiger partial charge in [0.05, 0.1) is 0 Å². The van der Waals surface area contributed by atoms with Crippen LogP contribution in [0.1, 0.15) is 12.1 Å². The summed E-state index contributed by atoms with van der Waals surface area (Å²) in [6.07, 6.45) is 0.340. The molecular formula is C11H9F3N4O2. The van der Waals surface area contributed by atoms with Crippen molar-refractivity contribution in [3.63, 3.8) is 0 Å². The predicted octanol–water partition coefficient (Wildman–Crippen LogP) is -0.0380. The molecule has 2 rings (SSSR count). The molecule has 6 nitrogen and oxygen atoms in total. The van der Waals surface area contributed by atoms with E-state index >= 15 is 0 Å². The molecule has 1 aromatic rings. The number of rotatable bonds is 1. The molecule has 0 saturated carbocycles. The van der Waals surface area contributed by atoms with Crippen LogP contribution in [-0.4, -0.2) is 22.1 Å². The van der Waals surface area contributed by atoms with Crippen molar-refractivity contribution in [2.24, 2.45) is 5.92 Å². The number of amides is 1. The zero-order valence-electron chi connectivity index (χ0n) is 10.0. The van der Waals surface area contributed by atoms with Crippen LogP contribution < -0.4 is 16.3 Å². The number of halogens is 3. The highest BCUT2D eigenvalue weighted by atomic mass is 19.4. The molecule has 1 aromatic heterocycles. The number of terminal acetylenes is 1. The Balaban J connectivity index is 2.52. The number of hydrogen-bond donors (Lipinski definition) is 1. The van der Waals surface area contributed by atoms with E-state index < -0.39 is 35.2 Å². The highest BCUT2D eigenvalue weighted by Crippen LogP contribution is 2.29. The molecule has 1 aliphatic heterocycles. The maximum atomic E-state index is 12.6. The summed E-state index contributed by atoms with van der Waals surface area (Å²) in [5.74, 6) is 6.14. The number of alkyl halides is 3. The Labute approximate surface area is 111 Å². The van der Waals surface area contributed by atoms with Crippen LogP contribution in [0.25, 0.3) is 0 Å². The largest absolute Gasteiger partial charge is 0.433 e. The van der Waals surface area contributed by atoms with Crippen molar-refractivity contribution in [1.82, 2.24) is 9.66 Å². The van der Waals surface area contributed by atoms with Crippen LogP contribution in [0.5, 0.6) is 0 Å². The van der Waals surface area contributed by atoms with E-state index in [4.69, 9.17) is 12.3 Å². The summed E-state index contributed by atoms with van der Waals surface area (Å²) >= 11 is 0. The van der Waals surface area contributed by atoms with E-state index in [2.05, 4.69) is 10.9 Å². The summed E-state index contributed by atoms with van der Waals surface area (Å²) in [7, 11) is 0. The summed E-state index contributed by atoms with van der Waals surface area (Å²) in [6, 6.07) is 0.267. The first kappa shape index (κ1) is 13.9. The Bertz CT molecular complexity index is 659. The first-order valence-corrected chi connectivity index (χ1v) is 5.47. The molecule has 0 spiro atoms. The maximum Gasteiger partial charge on any atom is 0.433 e.